The molecule has 9 heteroatoms. The van der Waals surface area contributed by atoms with Crippen molar-refractivity contribution in [3.05, 3.63) is 22.4 Å². The van der Waals surface area contributed by atoms with Crippen molar-refractivity contribution < 1.29 is 9.53 Å². The van der Waals surface area contributed by atoms with Crippen LogP contribution in [0.4, 0.5) is 4.79 Å². The van der Waals surface area contributed by atoms with Crippen molar-refractivity contribution >= 4 is 47.4 Å². The zero-order valence-corrected chi connectivity index (χ0v) is 20.5. The van der Waals surface area contributed by atoms with Gasteiger partial charge < -0.3 is 20.7 Å². The van der Waals surface area contributed by atoms with E-state index in [2.05, 4.69) is 42.7 Å². The fraction of sp³-hybridized carbons (Fsp3) is 0.700. The van der Waals surface area contributed by atoms with Crippen LogP contribution in [-0.4, -0.2) is 62.3 Å². The number of nitrogens with zero attached hydrogens (tertiary/aromatic N) is 2. The standard InChI is InChI=1S/C20H33N5O2S.HI/c1-3-27-20(26)24-18(16-4-5-16)12-22-19(21-2)23-17-6-9-25(10-7-17)13-15-8-11-28-14-15;/h8,11,14,16-18H,3-7,9-10,12-13H2,1-2H3,(H,24,26)(H2,21,22,23);1H. The van der Waals surface area contributed by atoms with E-state index in [4.69, 9.17) is 4.74 Å². The maximum absolute atomic E-state index is 11.8. The van der Waals surface area contributed by atoms with E-state index in [1.165, 1.54) is 5.56 Å². The van der Waals surface area contributed by atoms with E-state index in [-0.39, 0.29) is 36.1 Å². The molecule has 1 atom stereocenters. The summed E-state index contributed by atoms with van der Waals surface area (Å²) in [7, 11) is 1.80. The van der Waals surface area contributed by atoms with Gasteiger partial charge in [-0.2, -0.15) is 11.3 Å². The predicted octanol–water partition coefficient (Wildman–Crippen LogP) is 3.02. The predicted molar refractivity (Wildman–Crippen MR) is 129 cm³/mol. The third kappa shape index (κ3) is 8.29. The van der Waals surface area contributed by atoms with Crippen molar-refractivity contribution in [1.82, 2.24) is 20.9 Å². The van der Waals surface area contributed by atoms with Gasteiger partial charge in [0.05, 0.1) is 12.6 Å². The number of thiophene rings is 1. The molecule has 164 valence electrons. The molecule has 3 N–H and O–H groups in total. The number of nitrogens with one attached hydrogen (secondary N) is 3. The SMILES string of the molecule is CCOC(=O)NC(CNC(=NC)NC1CCN(Cc2ccsc2)CC1)C1CC1.I. The van der Waals surface area contributed by atoms with Gasteiger partial charge in [0.15, 0.2) is 5.96 Å². The Hall–Kier alpha value is -1.07. The van der Waals surface area contributed by atoms with Crippen LogP contribution in [0.5, 0.6) is 0 Å². The minimum Gasteiger partial charge on any atom is -0.450 e. The zero-order valence-electron chi connectivity index (χ0n) is 17.4. The first kappa shape index (κ1) is 24.2. The third-order valence-electron chi connectivity index (χ3n) is 5.40. The van der Waals surface area contributed by atoms with Crippen LogP contribution in [-0.2, 0) is 11.3 Å². The second-order valence-corrected chi connectivity index (χ2v) is 8.37. The molecule has 0 spiro atoms. The van der Waals surface area contributed by atoms with Crippen LogP contribution in [0.2, 0.25) is 0 Å². The largest absolute Gasteiger partial charge is 0.450 e. The third-order valence-corrected chi connectivity index (χ3v) is 6.13. The number of alkyl carbamates (subject to hydrolysis) is 1. The first-order chi connectivity index (χ1) is 13.7. The smallest absolute Gasteiger partial charge is 0.407 e. The second-order valence-electron chi connectivity index (χ2n) is 7.59. The lowest BCUT2D eigenvalue weighted by atomic mass is 10.0. The van der Waals surface area contributed by atoms with Gasteiger partial charge in [0.25, 0.3) is 0 Å². The van der Waals surface area contributed by atoms with Gasteiger partial charge in [0, 0.05) is 39.3 Å². The van der Waals surface area contributed by atoms with E-state index in [1.807, 2.05) is 6.92 Å². The van der Waals surface area contributed by atoms with Gasteiger partial charge in [0.2, 0.25) is 0 Å². The normalized spacial score (nSPS) is 19.2. The highest BCUT2D eigenvalue weighted by molar-refractivity contribution is 14.0. The van der Waals surface area contributed by atoms with E-state index >= 15 is 0 Å². The summed E-state index contributed by atoms with van der Waals surface area (Å²) < 4.78 is 5.02. The molecular formula is C20H34IN5O2S. The molecule has 1 unspecified atom stereocenters. The number of carbonyl (C=O) groups excluding carboxylic acids is 1. The topological polar surface area (TPSA) is 78.0 Å². The molecule has 1 saturated heterocycles. The van der Waals surface area contributed by atoms with Crippen molar-refractivity contribution in [2.45, 2.75) is 51.2 Å². The first-order valence-corrected chi connectivity index (χ1v) is 11.3. The van der Waals surface area contributed by atoms with Gasteiger partial charge in [-0.3, -0.25) is 9.89 Å². The Labute approximate surface area is 195 Å². The minimum absolute atomic E-state index is 0. The first-order valence-electron chi connectivity index (χ1n) is 10.3. The van der Waals surface area contributed by atoms with Gasteiger partial charge in [-0.05, 0) is 60.9 Å². The summed E-state index contributed by atoms with van der Waals surface area (Å²) in [6, 6.07) is 2.73. The fourth-order valence-electron chi connectivity index (χ4n) is 3.63. The Morgan fingerprint density at radius 3 is 2.69 bits per heavy atom. The van der Waals surface area contributed by atoms with E-state index in [0.29, 0.717) is 25.1 Å². The maximum Gasteiger partial charge on any atom is 0.407 e. The van der Waals surface area contributed by atoms with Gasteiger partial charge in [-0.25, -0.2) is 4.79 Å². The average Bonchev–Trinajstić information content (AvgIpc) is 3.42. The van der Waals surface area contributed by atoms with E-state index < -0.39 is 0 Å². The van der Waals surface area contributed by atoms with Crippen LogP contribution in [0.1, 0.15) is 38.2 Å². The molecule has 2 aliphatic rings. The summed E-state index contributed by atoms with van der Waals surface area (Å²) in [4.78, 5) is 18.6. The van der Waals surface area contributed by atoms with Crippen molar-refractivity contribution in [3.63, 3.8) is 0 Å². The number of hydrogen-bond donors (Lipinski definition) is 3. The van der Waals surface area contributed by atoms with Crippen LogP contribution in [0.15, 0.2) is 21.8 Å². The summed E-state index contributed by atoms with van der Waals surface area (Å²) in [5, 5.41) is 14.3. The number of ether oxygens (including phenoxy) is 1. The van der Waals surface area contributed by atoms with E-state index in [0.717, 1.165) is 51.3 Å². The lowest BCUT2D eigenvalue weighted by Gasteiger charge is -2.33. The Bertz CT molecular complexity index is 631. The number of halogens is 1. The summed E-state index contributed by atoms with van der Waals surface area (Å²) >= 11 is 1.76. The number of hydrogen-bond acceptors (Lipinski definition) is 5. The highest BCUT2D eigenvalue weighted by Gasteiger charge is 2.32. The molecule has 0 radical (unpaired) electrons. The van der Waals surface area contributed by atoms with Crippen LogP contribution in [0.25, 0.3) is 0 Å². The monoisotopic (exact) mass is 535 g/mol. The number of rotatable bonds is 8. The molecule has 1 amide bonds. The Kier molecular flexibility index (Phi) is 10.5. The molecule has 0 aromatic carbocycles. The molecule has 29 heavy (non-hydrogen) atoms. The van der Waals surface area contributed by atoms with Gasteiger partial charge >= 0.3 is 6.09 Å². The Morgan fingerprint density at radius 1 is 1.34 bits per heavy atom. The minimum atomic E-state index is -0.331. The van der Waals surface area contributed by atoms with Gasteiger partial charge in [-0.15, -0.1) is 24.0 Å². The molecule has 1 aromatic heterocycles. The van der Waals surface area contributed by atoms with E-state index in [9.17, 15) is 4.79 Å². The highest BCUT2D eigenvalue weighted by atomic mass is 127. The summed E-state index contributed by atoms with van der Waals surface area (Å²) in [5.41, 5.74) is 1.41. The quantitative estimate of drug-likeness (QED) is 0.271. The summed E-state index contributed by atoms with van der Waals surface area (Å²) in [5.74, 6) is 1.35. The van der Waals surface area contributed by atoms with Crippen molar-refractivity contribution in [1.29, 1.82) is 0 Å². The van der Waals surface area contributed by atoms with Gasteiger partial charge in [-0.1, -0.05) is 0 Å². The fourth-order valence-corrected chi connectivity index (χ4v) is 4.29. The van der Waals surface area contributed by atoms with Crippen LogP contribution in [0, 0.1) is 5.92 Å². The number of likely N-dealkylation sites (tertiary alicyclic amines) is 1. The molecule has 2 heterocycles. The number of aliphatic imine (C=N–C) groups is 1. The lowest BCUT2D eigenvalue weighted by Crippen LogP contribution is -2.52. The maximum atomic E-state index is 11.8. The number of carbonyl (C=O) groups is 1. The van der Waals surface area contributed by atoms with Crippen molar-refractivity contribution in [2.24, 2.45) is 10.9 Å². The molecule has 1 aliphatic heterocycles. The van der Waals surface area contributed by atoms with Crippen LogP contribution < -0.4 is 16.0 Å². The lowest BCUT2D eigenvalue weighted by molar-refractivity contribution is 0.146. The Morgan fingerprint density at radius 2 is 2.10 bits per heavy atom. The van der Waals surface area contributed by atoms with Crippen molar-refractivity contribution in [3.8, 4) is 0 Å². The Balaban J connectivity index is 0.00000300. The van der Waals surface area contributed by atoms with Crippen LogP contribution in [0.3, 0.4) is 0 Å². The molecule has 7 nitrogen and oxygen atoms in total. The molecule has 1 aromatic rings. The number of guanidine groups is 1. The van der Waals surface area contributed by atoms with E-state index in [1.54, 1.807) is 18.4 Å². The zero-order chi connectivity index (χ0) is 19.8. The summed E-state index contributed by atoms with van der Waals surface area (Å²) in [6.07, 6.45) is 4.21. The number of amides is 1. The van der Waals surface area contributed by atoms with Crippen molar-refractivity contribution in [2.75, 3.05) is 33.3 Å². The molecular weight excluding hydrogens is 501 g/mol. The van der Waals surface area contributed by atoms with Gasteiger partial charge in [0.1, 0.15) is 0 Å². The highest BCUT2D eigenvalue weighted by Crippen LogP contribution is 2.32. The van der Waals surface area contributed by atoms with Crippen LogP contribution >= 0.6 is 35.3 Å². The second kappa shape index (κ2) is 12.6. The molecule has 1 saturated carbocycles. The molecule has 1 aliphatic carbocycles. The molecule has 3 rings (SSSR count). The molecule has 0 bridgehead atoms. The summed E-state index contributed by atoms with van der Waals surface area (Å²) in [6.45, 7) is 6.12. The number of piperidine rings is 1. The average molecular weight is 535 g/mol. The molecule has 2 fully saturated rings.